The van der Waals surface area contributed by atoms with Gasteiger partial charge in [-0.15, -0.1) is 0 Å². The monoisotopic (exact) mass is 396 g/mol. The molecule has 0 aliphatic rings. The van der Waals surface area contributed by atoms with E-state index in [1.165, 1.54) is 14.2 Å². The minimum atomic E-state index is -0.501. The van der Waals surface area contributed by atoms with Gasteiger partial charge in [-0.25, -0.2) is 0 Å². The Hall–Kier alpha value is -3.48. The Morgan fingerprint density at radius 3 is 2.55 bits per heavy atom. The van der Waals surface area contributed by atoms with E-state index >= 15 is 0 Å². The average Bonchev–Trinajstić information content (AvgIpc) is 3.10. The van der Waals surface area contributed by atoms with E-state index in [2.05, 4.69) is 10.6 Å². The molecule has 2 aromatic carbocycles. The van der Waals surface area contributed by atoms with Crippen LogP contribution in [0.15, 0.2) is 46.9 Å². The van der Waals surface area contributed by atoms with Gasteiger partial charge in [0.1, 0.15) is 22.8 Å². The minimum Gasteiger partial charge on any atom is -0.497 e. The van der Waals surface area contributed by atoms with Crippen LogP contribution in [0.3, 0.4) is 0 Å². The molecule has 0 bridgehead atoms. The highest BCUT2D eigenvalue weighted by Gasteiger charge is 2.23. The summed E-state index contributed by atoms with van der Waals surface area (Å²) in [6.07, 6.45) is 2.05. The third-order valence-electron chi connectivity index (χ3n) is 4.48. The maximum Gasteiger partial charge on any atom is 0.293 e. The first-order valence-electron chi connectivity index (χ1n) is 9.42. The lowest BCUT2D eigenvalue weighted by molar-refractivity contribution is -0.116. The largest absolute Gasteiger partial charge is 0.497 e. The molecule has 0 aliphatic carbocycles. The zero-order chi connectivity index (χ0) is 20.8. The number of ether oxygens (including phenoxy) is 2. The predicted octanol–water partition coefficient (Wildman–Crippen LogP) is 4.83. The molecule has 0 unspecified atom stereocenters. The van der Waals surface area contributed by atoms with Gasteiger partial charge in [-0.05, 0) is 30.7 Å². The number of amides is 2. The van der Waals surface area contributed by atoms with Crippen molar-refractivity contribution in [2.24, 2.45) is 0 Å². The van der Waals surface area contributed by atoms with E-state index in [1.54, 1.807) is 36.4 Å². The highest BCUT2D eigenvalue weighted by Crippen LogP contribution is 2.34. The van der Waals surface area contributed by atoms with Crippen molar-refractivity contribution in [3.05, 3.63) is 48.2 Å². The quantitative estimate of drug-likeness (QED) is 0.569. The lowest BCUT2D eigenvalue weighted by atomic mass is 10.2. The molecule has 2 amide bonds. The van der Waals surface area contributed by atoms with Crippen LogP contribution in [-0.4, -0.2) is 26.0 Å². The summed E-state index contributed by atoms with van der Waals surface area (Å²) in [6.45, 7) is 2.01. The number of furan rings is 1. The summed E-state index contributed by atoms with van der Waals surface area (Å²) >= 11 is 0. The average molecular weight is 396 g/mol. The van der Waals surface area contributed by atoms with E-state index in [-0.39, 0.29) is 11.7 Å². The number of para-hydroxylation sites is 1. The van der Waals surface area contributed by atoms with Crippen molar-refractivity contribution >= 4 is 34.2 Å². The van der Waals surface area contributed by atoms with Gasteiger partial charge in [0.25, 0.3) is 5.91 Å². The van der Waals surface area contributed by atoms with Crippen LogP contribution >= 0.6 is 0 Å². The number of fused-ring (bicyclic) bond motifs is 1. The molecule has 0 saturated carbocycles. The lowest BCUT2D eigenvalue weighted by Gasteiger charge is -2.12. The van der Waals surface area contributed by atoms with Gasteiger partial charge >= 0.3 is 0 Å². The van der Waals surface area contributed by atoms with Crippen molar-refractivity contribution in [2.45, 2.75) is 26.2 Å². The first-order chi connectivity index (χ1) is 14.1. The Morgan fingerprint density at radius 2 is 1.83 bits per heavy atom. The van der Waals surface area contributed by atoms with Gasteiger partial charge in [-0.2, -0.15) is 0 Å². The number of nitrogens with one attached hydrogen (secondary N) is 2. The first-order valence-corrected chi connectivity index (χ1v) is 9.42. The smallest absolute Gasteiger partial charge is 0.293 e. The predicted molar refractivity (Wildman–Crippen MR) is 112 cm³/mol. The van der Waals surface area contributed by atoms with Crippen LogP contribution in [0.4, 0.5) is 11.4 Å². The van der Waals surface area contributed by atoms with Crippen LogP contribution in [0.1, 0.15) is 36.7 Å². The second-order valence-electron chi connectivity index (χ2n) is 6.47. The number of hydrogen-bond donors (Lipinski definition) is 2. The Labute approximate surface area is 169 Å². The summed E-state index contributed by atoms with van der Waals surface area (Å²) in [7, 11) is 3.05. The van der Waals surface area contributed by atoms with Crippen molar-refractivity contribution in [1.82, 2.24) is 0 Å². The summed E-state index contributed by atoms with van der Waals surface area (Å²) in [6, 6.07) is 12.3. The van der Waals surface area contributed by atoms with Crippen molar-refractivity contribution < 1.29 is 23.5 Å². The van der Waals surface area contributed by atoms with Gasteiger partial charge < -0.3 is 24.5 Å². The van der Waals surface area contributed by atoms with Gasteiger partial charge in [0.2, 0.25) is 11.7 Å². The molecular weight excluding hydrogens is 372 g/mol. The van der Waals surface area contributed by atoms with Crippen LogP contribution in [0.25, 0.3) is 11.0 Å². The van der Waals surface area contributed by atoms with Crippen LogP contribution in [0, 0.1) is 0 Å². The molecule has 0 radical (unpaired) electrons. The molecule has 0 saturated heterocycles. The standard InChI is InChI=1S/C22H24N2O5/c1-4-5-10-19(25)24-20-15-8-6-7-9-17(15)29-21(20)22(26)23-16-13-14(27-2)11-12-18(16)28-3/h6-9,11-13H,4-5,10H2,1-3H3,(H,23,26)(H,24,25). The summed E-state index contributed by atoms with van der Waals surface area (Å²) in [4.78, 5) is 25.3. The van der Waals surface area contributed by atoms with Gasteiger partial charge in [0.15, 0.2) is 0 Å². The molecule has 0 atom stereocenters. The van der Waals surface area contributed by atoms with E-state index in [9.17, 15) is 9.59 Å². The molecule has 3 aromatic rings. The molecule has 0 spiro atoms. The molecule has 3 rings (SSSR count). The van der Waals surface area contributed by atoms with Crippen LogP contribution in [-0.2, 0) is 4.79 Å². The van der Waals surface area contributed by atoms with E-state index in [4.69, 9.17) is 13.9 Å². The fourth-order valence-corrected chi connectivity index (χ4v) is 2.96. The summed E-state index contributed by atoms with van der Waals surface area (Å²) in [5, 5.41) is 6.28. The van der Waals surface area contributed by atoms with Gasteiger partial charge in [0, 0.05) is 17.9 Å². The Morgan fingerprint density at radius 1 is 1.03 bits per heavy atom. The highest BCUT2D eigenvalue weighted by atomic mass is 16.5. The number of carbonyl (C=O) groups excluding carboxylic acids is 2. The zero-order valence-electron chi connectivity index (χ0n) is 16.7. The molecule has 7 heteroatoms. The van der Waals surface area contributed by atoms with Gasteiger partial charge in [-0.1, -0.05) is 25.5 Å². The molecule has 1 heterocycles. The summed E-state index contributed by atoms with van der Waals surface area (Å²) < 4.78 is 16.3. The Kier molecular flexibility index (Phi) is 6.39. The molecule has 29 heavy (non-hydrogen) atoms. The fraction of sp³-hybridized carbons (Fsp3) is 0.273. The molecule has 1 aromatic heterocycles. The number of methoxy groups -OCH3 is 2. The van der Waals surface area contributed by atoms with E-state index in [0.717, 1.165) is 12.8 Å². The van der Waals surface area contributed by atoms with Crippen molar-refractivity contribution in [3.8, 4) is 11.5 Å². The molecule has 0 aliphatic heterocycles. The third kappa shape index (κ3) is 4.51. The highest BCUT2D eigenvalue weighted by molar-refractivity contribution is 6.14. The van der Waals surface area contributed by atoms with Crippen LogP contribution in [0.5, 0.6) is 11.5 Å². The number of carbonyl (C=O) groups is 2. The van der Waals surface area contributed by atoms with E-state index in [1.807, 2.05) is 13.0 Å². The number of unbranched alkanes of at least 4 members (excludes halogenated alkanes) is 1. The first kappa shape index (κ1) is 20.3. The molecule has 0 fully saturated rings. The number of hydrogen-bond acceptors (Lipinski definition) is 5. The number of rotatable bonds is 8. The second-order valence-corrected chi connectivity index (χ2v) is 6.47. The summed E-state index contributed by atoms with van der Waals surface area (Å²) in [5.74, 6) is 0.411. The summed E-state index contributed by atoms with van der Waals surface area (Å²) in [5.41, 5.74) is 1.31. The maximum absolute atomic E-state index is 13.0. The fourth-order valence-electron chi connectivity index (χ4n) is 2.96. The lowest BCUT2D eigenvalue weighted by Crippen LogP contribution is -2.17. The second kappa shape index (κ2) is 9.14. The van der Waals surface area contributed by atoms with Crippen molar-refractivity contribution in [3.63, 3.8) is 0 Å². The SMILES string of the molecule is CCCCC(=O)Nc1c(C(=O)Nc2cc(OC)ccc2OC)oc2ccccc12. The molecule has 2 N–H and O–H groups in total. The van der Waals surface area contributed by atoms with E-state index < -0.39 is 5.91 Å². The molecule has 7 nitrogen and oxygen atoms in total. The molecule has 152 valence electrons. The Bertz CT molecular complexity index is 1030. The number of benzene rings is 2. The van der Waals surface area contributed by atoms with E-state index in [0.29, 0.717) is 40.3 Å². The Balaban J connectivity index is 1.95. The zero-order valence-corrected chi connectivity index (χ0v) is 16.7. The normalized spacial score (nSPS) is 10.6. The van der Waals surface area contributed by atoms with Crippen LogP contribution in [0.2, 0.25) is 0 Å². The van der Waals surface area contributed by atoms with Crippen molar-refractivity contribution in [1.29, 1.82) is 0 Å². The minimum absolute atomic E-state index is 0.0286. The topological polar surface area (TPSA) is 89.8 Å². The van der Waals surface area contributed by atoms with Crippen molar-refractivity contribution in [2.75, 3.05) is 24.9 Å². The third-order valence-corrected chi connectivity index (χ3v) is 4.48. The van der Waals surface area contributed by atoms with Crippen LogP contribution < -0.4 is 20.1 Å². The maximum atomic E-state index is 13.0. The van der Waals surface area contributed by atoms with Gasteiger partial charge in [-0.3, -0.25) is 9.59 Å². The molecular formula is C22H24N2O5. The number of anilines is 2. The van der Waals surface area contributed by atoms with Gasteiger partial charge in [0.05, 0.1) is 19.9 Å².